The number of hydrogen-bond donors (Lipinski definition) is 1. The van der Waals surface area contributed by atoms with Gasteiger partial charge in [0.2, 0.25) is 0 Å². The van der Waals surface area contributed by atoms with Crippen molar-refractivity contribution in [3.63, 3.8) is 0 Å². The maximum Gasteiger partial charge on any atom is 0.306 e. The molecule has 0 saturated carbocycles. The lowest BCUT2D eigenvalue weighted by atomic mass is 10.3. The van der Waals surface area contributed by atoms with Crippen molar-refractivity contribution in [2.45, 2.75) is 12.6 Å². The van der Waals surface area contributed by atoms with Crippen LogP contribution in [0.2, 0.25) is 0 Å². The number of nitro groups is 1. The Balaban J connectivity index is 1.85. The van der Waals surface area contributed by atoms with E-state index in [-0.39, 0.29) is 18.8 Å². The van der Waals surface area contributed by atoms with Crippen LogP contribution < -0.4 is 4.74 Å². The number of nitrogens with zero attached hydrogens (tertiary/aromatic N) is 3. The molecular weight excluding hydrogens is 269 g/mol. The average molecular weight is 281 g/mol. The highest BCUT2D eigenvalue weighted by molar-refractivity contribution is 5.22. The van der Waals surface area contributed by atoms with E-state index < -0.39 is 16.8 Å². The van der Waals surface area contributed by atoms with Gasteiger partial charge in [0, 0.05) is 6.07 Å². The summed E-state index contributed by atoms with van der Waals surface area (Å²) >= 11 is 0. The van der Waals surface area contributed by atoms with E-state index in [9.17, 15) is 19.6 Å². The zero-order valence-electron chi connectivity index (χ0n) is 10.3. The minimum atomic E-state index is -0.919. The van der Waals surface area contributed by atoms with Gasteiger partial charge in [-0.05, 0) is 12.1 Å². The topological polar surface area (TPSA) is 90.4 Å². The minimum absolute atomic E-state index is 0.0448. The van der Waals surface area contributed by atoms with Gasteiger partial charge in [0.15, 0.2) is 0 Å². The van der Waals surface area contributed by atoms with Crippen molar-refractivity contribution in [1.82, 2.24) is 9.78 Å². The maximum atomic E-state index is 12.9. The molecular formula is C12H12FN3O4. The van der Waals surface area contributed by atoms with E-state index in [2.05, 4.69) is 5.10 Å². The van der Waals surface area contributed by atoms with Gasteiger partial charge in [-0.1, -0.05) is 6.07 Å². The van der Waals surface area contributed by atoms with Crippen LogP contribution in [0.4, 0.5) is 10.1 Å². The Morgan fingerprint density at radius 2 is 2.35 bits per heavy atom. The average Bonchev–Trinajstić information content (AvgIpc) is 2.85. The van der Waals surface area contributed by atoms with Crippen molar-refractivity contribution in [3.05, 3.63) is 52.6 Å². The van der Waals surface area contributed by atoms with Crippen LogP contribution in [0, 0.1) is 15.9 Å². The number of hydrogen-bond acceptors (Lipinski definition) is 5. The molecule has 1 aromatic carbocycles. The largest absolute Gasteiger partial charge is 0.491 e. The standard InChI is InChI=1S/C12H12FN3O4/c13-9-2-1-3-12(4-9)20-8-11(17)7-15-6-10(5-14-15)16(18)19/h1-6,11,17H,7-8H2. The number of halogens is 1. The van der Waals surface area contributed by atoms with Crippen LogP contribution in [0.1, 0.15) is 0 Å². The van der Waals surface area contributed by atoms with Gasteiger partial charge < -0.3 is 9.84 Å². The summed E-state index contributed by atoms with van der Waals surface area (Å²) in [6.45, 7) is -0.0275. The second-order valence-electron chi connectivity index (χ2n) is 4.10. The lowest BCUT2D eigenvalue weighted by molar-refractivity contribution is -0.385. The molecule has 0 fully saturated rings. The first-order valence-electron chi connectivity index (χ1n) is 5.78. The van der Waals surface area contributed by atoms with Crippen LogP contribution in [0.15, 0.2) is 36.7 Å². The van der Waals surface area contributed by atoms with Gasteiger partial charge in [-0.2, -0.15) is 5.10 Å². The molecule has 1 unspecified atom stereocenters. The molecule has 1 heterocycles. The fraction of sp³-hybridized carbons (Fsp3) is 0.250. The molecule has 0 aliphatic heterocycles. The summed E-state index contributed by atoms with van der Waals surface area (Å²) in [4.78, 5) is 9.90. The molecule has 106 valence electrons. The van der Waals surface area contributed by atoms with Crippen molar-refractivity contribution in [1.29, 1.82) is 0 Å². The van der Waals surface area contributed by atoms with Crippen molar-refractivity contribution in [2.75, 3.05) is 6.61 Å². The highest BCUT2D eigenvalue weighted by Crippen LogP contribution is 2.13. The quantitative estimate of drug-likeness (QED) is 0.638. The number of aliphatic hydroxyl groups is 1. The van der Waals surface area contributed by atoms with Gasteiger partial charge in [0.1, 0.15) is 36.7 Å². The first-order chi connectivity index (χ1) is 9.54. The zero-order chi connectivity index (χ0) is 14.5. The summed E-state index contributed by atoms with van der Waals surface area (Å²) in [6, 6.07) is 5.54. The van der Waals surface area contributed by atoms with E-state index in [1.165, 1.54) is 29.1 Å². The van der Waals surface area contributed by atoms with Gasteiger partial charge in [-0.3, -0.25) is 14.8 Å². The summed E-state index contributed by atoms with van der Waals surface area (Å²) in [6.07, 6.45) is 1.39. The second-order valence-corrected chi connectivity index (χ2v) is 4.10. The van der Waals surface area contributed by atoms with E-state index >= 15 is 0 Å². The Hall–Kier alpha value is -2.48. The van der Waals surface area contributed by atoms with Crippen molar-refractivity contribution in [3.8, 4) is 5.75 Å². The highest BCUT2D eigenvalue weighted by atomic mass is 19.1. The Labute approximate surface area is 113 Å². The monoisotopic (exact) mass is 281 g/mol. The summed E-state index contributed by atoms with van der Waals surface area (Å²) in [5, 5.41) is 23.9. The molecule has 0 spiro atoms. The smallest absolute Gasteiger partial charge is 0.306 e. The molecule has 0 aliphatic rings. The third kappa shape index (κ3) is 3.75. The van der Waals surface area contributed by atoms with Gasteiger partial charge in [-0.25, -0.2) is 4.39 Å². The first kappa shape index (κ1) is 13.9. The Kier molecular flexibility index (Phi) is 4.26. The van der Waals surface area contributed by atoms with Gasteiger partial charge in [0.25, 0.3) is 0 Å². The lowest BCUT2D eigenvalue weighted by Gasteiger charge is -2.12. The second kappa shape index (κ2) is 6.11. The molecule has 1 atom stereocenters. The van der Waals surface area contributed by atoms with Crippen LogP contribution in [0.25, 0.3) is 0 Å². The van der Waals surface area contributed by atoms with Crippen LogP contribution in [-0.2, 0) is 6.54 Å². The summed E-state index contributed by atoms with van der Waals surface area (Å²) < 4.78 is 19.4. The molecule has 2 rings (SSSR count). The fourth-order valence-corrected chi connectivity index (χ4v) is 1.56. The number of aromatic nitrogens is 2. The maximum absolute atomic E-state index is 12.9. The zero-order valence-corrected chi connectivity index (χ0v) is 10.3. The summed E-state index contributed by atoms with van der Waals surface area (Å²) in [5.74, 6) is -0.129. The molecule has 7 nitrogen and oxygen atoms in total. The van der Waals surface area contributed by atoms with Crippen molar-refractivity contribution in [2.24, 2.45) is 0 Å². The molecule has 20 heavy (non-hydrogen) atoms. The van der Waals surface area contributed by atoms with Gasteiger partial charge >= 0.3 is 5.69 Å². The molecule has 2 aromatic rings. The number of aliphatic hydroxyl groups excluding tert-OH is 1. The van der Waals surface area contributed by atoms with Gasteiger partial charge in [-0.15, -0.1) is 0 Å². The number of ether oxygens (including phenoxy) is 1. The van der Waals surface area contributed by atoms with E-state index in [4.69, 9.17) is 4.74 Å². The molecule has 0 aliphatic carbocycles. The van der Waals surface area contributed by atoms with E-state index in [1.54, 1.807) is 6.07 Å². The predicted octanol–water partition coefficient (Wildman–Crippen LogP) is 1.37. The van der Waals surface area contributed by atoms with E-state index in [1.807, 2.05) is 0 Å². The number of benzene rings is 1. The normalized spacial score (nSPS) is 12.1. The Morgan fingerprint density at radius 1 is 1.55 bits per heavy atom. The van der Waals surface area contributed by atoms with Crippen LogP contribution in [0.3, 0.4) is 0 Å². The van der Waals surface area contributed by atoms with E-state index in [0.29, 0.717) is 5.75 Å². The molecule has 1 aromatic heterocycles. The van der Waals surface area contributed by atoms with Crippen molar-refractivity contribution >= 4 is 5.69 Å². The summed E-state index contributed by atoms with van der Waals surface area (Å²) in [7, 11) is 0. The third-order valence-corrected chi connectivity index (χ3v) is 2.47. The van der Waals surface area contributed by atoms with Crippen LogP contribution in [-0.4, -0.2) is 32.5 Å². The third-order valence-electron chi connectivity index (χ3n) is 2.47. The highest BCUT2D eigenvalue weighted by Gasteiger charge is 2.12. The molecule has 8 heteroatoms. The molecule has 1 N–H and O–H groups in total. The van der Waals surface area contributed by atoms with Crippen LogP contribution >= 0.6 is 0 Å². The SMILES string of the molecule is O=[N+]([O-])c1cnn(CC(O)COc2cccc(F)c2)c1. The van der Waals surface area contributed by atoms with Crippen LogP contribution in [0.5, 0.6) is 5.75 Å². The first-order valence-corrected chi connectivity index (χ1v) is 5.78. The Morgan fingerprint density at radius 3 is 3.00 bits per heavy atom. The number of rotatable bonds is 6. The Bertz CT molecular complexity index is 602. The molecule has 0 bridgehead atoms. The molecule has 0 saturated heterocycles. The predicted molar refractivity (Wildman–Crippen MR) is 66.8 cm³/mol. The summed E-state index contributed by atoms with van der Waals surface area (Å²) in [5.41, 5.74) is -0.150. The van der Waals surface area contributed by atoms with Gasteiger partial charge in [0.05, 0.1) is 11.5 Å². The lowest BCUT2D eigenvalue weighted by Crippen LogP contribution is -2.23. The van der Waals surface area contributed by atoms with Crippen molar-refractivity contribution < 1.29 is 19.2 Å². The molecule has 0 amide bonds. The minimum Gasteiger partial charge on any atom is -0.491 e. The van der Waals surface area contributed by atoms with E-state index in [0.717, 1.165) is 6.20 Å². The molecule has 0 radical (unpaired) electrons. The fourth-order valence-electron chi connectivity index (χ4n) is 1.56.